The molecule has 6 nitrogen and oxygen atoms in total. The lowest BCUT2D eigenvalue weighted by Gasteiger charge is -2.12. The Labute approximate surface area is 161 Å². The van der Waals surface area contributed by atoms with Crippen LogP contribution >= 0.6 is 0 Å². The first-order valence-electron chi connectivity index (χ1n) is 9.32. The third-order valence-corrected chi connectivity index (χ3v) is 3.97. The zero-order chi connectivity index (χ0) is 20.4. The smallest absolute Gasteiger partial charge is 0.335 e. The Morgan fingerprint density at radius 2 is 1.33 bits per heavy atom. The molecule has 0 aromatic heterocycles. The van der Waals surface area contributed by atoms with E-state index in [2.05, 4.69) is 38.3 Å². The third kappa shape index (κ3) is 8.53. The number of benzene rings is 1. The van der Waals surface area contributed by atoms with Crippen LogP contribution in [0.4, 0.5) is 0 Å². The van der Waals surface area contributed by atoms with E-state index in [1.807, 2.05) is 0 Å². The van der Waals surface area contributed by atoms with E-state index in [1.54, 1.807) is 12.1 Å². The van der Waals surface area contributed by atoms with Gasteiger partial charge in [0, 0.05) is 13.1 Å². The van der Waals surface area contributed by atoms with E-state index in [1.165, 1.54) is 18.2 Å². The Morgan fingerprint density at radius 1 is 0.889 bits per heavy atom. The fraction of sp³-hybridized carbons (Fsp3) is 0.476. The van der Waals surface area contributed by atoms with Gasteiger partial charge in [0.25, 0.3) is 11.8 Å². The molecule has 0 unspecified atom stereocenters. The molecule has 6 heteroatoms. The van der Waals surface area contributed by atoms with E-state index in [9.17, 15) is 14.4 Å². The molecule has 2 amide bonds. The molecule has 0 spiro atoms. The summed E-state index contributed by atoms with van der Waals surface area (Å²) in [4.78, 5) is 36.0. The second-order valence-corrected chi connectivity index (χ2v) is 7.36. The van der Waals surface area contributed by atoms with Gasteiger partial charge >= 0.3 is 5.97 Å². The van der Waals surface area contributed by atoms with E-state index >= 15 is 0 Å². The van der Waals surface area contributed by atoms with Crippen molar-refractivity contribution in [3.05, 3.63) is 41.0 Å². The summed E-state index contributed by atoms with van der Waals surface area (Å²) < 4.78 is 0. The van der Waals surface area contributed by atoms with Crippen molar-refractivity contribution in [2.75, 3.05) is 13.1 Å². The first kappa shape index (κ1) is 22.4. The van der Waals surface area contributed by atoms with Crippen LogP contribution in [0.25, 0.3) is 6.08 Å². The normalized spacial score (nSPS) is 10.6. The predicted octanol–water partition coefficient (Wildman–Crippen LogP) is 3.09. The molecule has 0 radical (unpaired) electrons. The van der Waals surface area contributed by atoms with Crippen LogP contribution in [0.15, 0.2) is 29.8 Å². The van der Waals surface area contributed by atoms with Gasteiger partial charge in [-0.25, -0.2) is 4.79 Å². The van der Waals surface area contributed by atoms with Crippen LogP contribution < -0.4 is 10.6 Å². The number of carbonyl (C=O) groups is 3. The van der Waals surface area contributed by atoms with Crippen molar-refractivity contribution in [3.63, 3.8) is 0 Å². The average molecular weight is 374 g/mol. The maximum Gasteiger partial charge on any atom is 0.335 e. The highest BCUT2D eigenvalue weighted by atomic mass is 16.4. The quantitative estimate of drug-likeness (QED) is 0.333. The van der Waals surface area contributed by atoms with Crippen LogP contribution in [-0.2, 0) is 9.59 Å². The SMILES string of the molecule is CC(C)CCNC(=O)C(=Cc1ccc(C(=O)O)cc1)C(=O)NCCC(C)C. The lowest BCUT2D eigenvalue weighted by atomic mass is 10.1. The van der Waals surface area contributed by atoms with Gasteiger partial charge in [0.15, 0.2) is 0 Å². The van der Waals surface area contributed by atoms with E-state index < -0.39 is 17.8 Å². The monoisotopic (exact) mass is 374 g/mol. The Balaban J connectivity index is 2.95. The Bertz CT molecular complexity index is 648. The van der Waals surface area contributed by atoms with E-state index in [4.69, 9.17) is 5.11 Å². The minimum absolute atomic E-state index is 0.0191. The Kier molecular flexibility index (Phi) is 9.26. The second-order valence-electron chi connectivity index (χ2n) is 7.36. The molecule has 0 atom stereocenters. The van der Waals surface area contributed by atoms with Gasteiger partial charge in [-0.2, -0.15) is 0 Å². The fourth-order valence-corrected chi connectivity index (χ4v) is 2.26. The van der Waals surface area contributed by atoms with Gasteiger partial charge in [0.05, 0.1) is 5.56 Å². The van der Waals surface area contributed by atoms with Crippen LogP contribution in [0.2, 0.25) is 0 Å². The lowest BCUT2D eigenvalue weighted by Crippen LogP contribution is -2.36. The highest BCUT2D eigenvalue weighted by molar-refractivity contribution is 6.21. The molecule has 0 saturated carbocycles. The second kappa shape index (κ2) is 11.2. The van der Waals surface area contributed by atoms with Crippen LogP contribution in [0.3, 0.4) is 0 Å². The van der Waals surface area contributed by atoms with Crippen LogP contribution in [-0.4, -0.2) is 36.0 Å². The number of hydrogen-bond donors (Lipinski definition) is 3. The zero-order valence-electron chi connectivity index (χ0n) is 16.5. The first-order chi connectivity index (χ1) is 12.7. The summed E-state index contributed by atoms with van der Waals surface area (Å²) in [5.74, 6) is -0.994. The number of amides is 2. The summed E-state index contributed by atoms with van der Waals surface area (Å²) in [6, 6.07) is 6.04. The Morgan fingerprint density at radius 3 is 1.70 bits per heavy atom. The Hall–Kier alpha value is -2.63. The van der Waals surface area contributed by atoms with Gasteiger partial charge in [-0.05, 0) is 48.4 Å². The molecular weight excluding hydrogens is 344 g/mol. The van der Waals surface area contributed by atoms with E-state index in [0.29, 0.717) is 30.5 Å². The number of aromatic carboxylic acids is 1. The summed E-state index contributed by atoms with van der Waals surface area (Å²) >= 11 is 0. The standard InChI is InChI=1S/C21H30N2O4/c1-14(2)9-11-22-19(24)18(20(25)23-12-10-15(3)4)13-16-5-7-17(8-6-16)21(26)27/h5-8,13-15H,9-12H2,1-4H3,(H,22,24)(H,23,25)(H,26,27). The van der Waals surface area contributed by atoms with Gasteiger partial charge in [0.2, 0.25) is 0 Å². The molecule has 0 aliphatic carbocycles. The number of carbonyl (C=O) groups excluding carboxylic acids is 2. The molecule has 0 aliphatic rings. The number of rotatable bonds is 10. The van der Waals surface area contributed by atoms with Gasteiger partial charge < -0.3 is 15.7 Å². The minimum atomic E-state index is -1.02. The van der Waals surface area contributed by atoms with Crippen molar-refractivity contribution in [2.24, 2.45) is 11.8 Å². The summed E-state index contributed by atoms with van der Waals surface area (Å²) in [5, 5.41) is 14.5. The summed E-state index contributed by atoms with van der Waals surface area (Å²) in [5.41, 5.74) is 0.759. The lowest BCUT2D eigenvalue weighted by molar-refractivity contribution is -0.123. The molecule has 3 N–H and O–H groups in total. The maximum absolute atomic E-state index is 12.5. The summed E-state index contributed by atoms with van der Waals surface area (Å²) in [6.07, 6.45) is 3.13. The highest BCUT2D eigenvalue weighted by Crippen LogP contribution is 2.11. The number of carboxylic acids is 1. The van der Waals surface area contributed by atoms with E-state index in [0.717, 1.165) is 12.8 Å². The van der Waals surface area contributed by atoms with Crippen molar-refractivity contribution in [1.29, 1.82) is 0 Å². The maximum atomic E-state index is 12.5. The average Bonchev–Trinajstić information content (AvgIpc) is 2.59. The molecule has 0 fully saturated rings. The molecular formula is C21H30N2O4. The van der Waals surface area contributed by atoms with Crippen molar-refractivity contribution in [1.82, 2.24) is 10.6 Å². The summed E-state index contributed by atoms with van der Waals surface area (Å²) in [7, 11) is 0. The molecule has 0 heterocycles. The molecule has 1 aromatic rings. The van der Waals surface area contributed by atoms with Gasteiger partial charge in [-0.15, -0.1) is 0 Å². The molecule has 0 saturated heterocycles. The molecule has 0 bridgehead atoms. The highest BCUT2D eigenvalue weighted by Gasteiger charge is 2.18. The van der Waals surface area contributed by atoms with Crippen molar-refractivity contribution in [3.8, 4) is 0 Å². The molecule has 27 heavy (non-hydrogen) atoms. The predicted molar refractivity (Wildman–Crippen MR) is 106 cm³/mol. The van der Waals surface area contributed by atoms with E-state index in [-0.39, 0.29) is 11.1 Å². The van der Waals surface area contributed by atoms with Crippen LogP contribution in [0.1, 0.15) is 56.5 Å². The van der Waals surface area contributed by atoms with Gasteiger partial charge in [-0.3, -0.25) is 9.59 Å². The van der Waals surface area contributed by atoms with Crippen molar-refractivity contribution in [2.45, 2.75) is 40.5 Å². The molecule has 0 aliphatic heterocycles. The minimum Gasteiger partial charge on any atom is -0.478 e. The number of hydrogen-bond acceptors (Lipinski definition) is 3. The zero-order valence-corrected chi connectivity index (χ0v) is 16.5. The number of nitrogens with one attached hydrogen (secondary N) is 2. The number of carboxylic acid groups (broad SMARTS) is 1. The van der Waals surface area contributed by atoms with Gasteiger partial charge in [-0.1, -0.05) is 39.8 Å². The van der Waals surface area contributed by atoms with Gasteiger partial charge in [0.1, 0.15) is 5.57 Å². The molecule has 1 rings (SSSR count). The van der Waals surface area contributed by atoms with Crippen LogP contribution in [0, 0.1) is 11.8 Å². The first-order valence-corrected chi connectivity index (χ1v) is 9.32. The largest absolute Gasteiger partial charge is 0.478 e. The summed E-state index contributed by atoms with van der Waals surface area (Å²) in [6.45, 7) is 9.23. The third-order valence-electron chi connectivity index (χ3n) is 3.97. The van der Waals surface area contributed by atoms with Crippen molar-refractivity contribution < 1.29 is 19.5 Å². The molecule has 1 aromatic carbocycles. The molecule has 148 valence electrons. The van der Waals surface area contributed by atoms with Crippen molar-refractivity contribution >= 4 is 23.9 Å². The fourth-order valence-electron chi connectivity index (χ4n) is 2.26. The topological polar surface area (TPSA) is 95.5 Å². The van der Waals surface area contributed by atoms with Crippen LogP contribution in [0.5, 0.6) is 0 Å².